The summed E-state index contributed by atoms with van der Waals surface area (Å²) >= 11 is 0. The summed E-state index contributed by atoms with van der Waals surface area (Å²) in [6, 6.07) is 10.1. The zero-order valence-corrected chi connectivity index (χ0v) is 15.2. The zero-order chi connectivity index (χ0) is 19.8. The molecule has 0 saturated heterocycles. The molecule has 4 aromatic heterocycles. The van der Waals surface area contributed by atoms with E-state index in [-0.39, 0.29) is 5.69 Å². The lowest BCUT2D eigenvalue weighted by atomic mass is 10.2. The van der Waals surface area contributed by atoms with Gasteiger partial charge in [-0.15, -0.1) is 0 Å². The van der Waals surface area contributed by atoms with Crippen LogP contribution in [0, 0.1) is 12.7 Å². The Kier molecular flexibility index (Phi) is 3.98. The van der Waals surface area contributed by atoms with Gasteiger partial charge in [-0.1, -0.05) is 0 Å². The number of hydrogen-bond donors (Lipinski definition) is 1. The van der Waals surface area contributed by atoms with Crippen LogP contribution in [0.1, 0.15) is 5.56 Å². The number of nitrogens with one attached hydrogen (secondary N) is 1. The summed E-state index contributed by atoms with van der Waals surface area (Å²) < 4.78 is 22.3. The standard InChI is InChI=1S/C20H14FN7O/c1-12-7-16(27-20-19-15(23-10-25-20)3-2-5-22-19)14(21)9-17(12)29-13-4-6-28-18(8-13)24-11-26-28/h2-11H,1H3,(H,23,25,27). The molecule has 29 heavy (non-hydrogen) atoms. The van der Waals surface area contributed by atoms with Crippen LogP contribution in [-0.4, -0.2) is 29.5 Å². The van der Waals surface area contributed by atoms with Crippen molar-refractivity contribution in [1.29, 1.82) is 0 Å². The maximum absolute atomic E-state index is 14.8. The second-order valence-electron chi connectivity index (χ2n) is 6.34. The van der Waals surface area contributed by atoms with Gasteiger partial charge in [-0.3, -0.25) is 4.98 Å². The van der Waals surface area contributed by atoms with Crippen molar-refractivity contribution in [2.75, 3.05) is 5.32 Å². The lowest BCUT2D eigenvalue weighted by Gasteiger charge is -2.13. The number of pyridine rings is 2. The van der Waals surface area contributed by atoms with Crippen LogP contribution in [-0.2, 0) is 0 Å². The SMILES string of the molecule is Cc1cc(Nc2ncnc3cccnc23)c(F)cc1Oc1ccn2ncnc2c1. The van der Waals surface area contributed by atoms with Gasteiger partial charge < -0.3 is 10.1 Å². The number of ether oxygens (including phenoxy) is 1. The summed E-state index contributed by atoms with van der Waals surface area (Å²) in [5.41, 5.74) is 2.90. The molecule has 0 atom stereocenters. The molecule has 4 heterocycles. The number of hydrogen-bond acceptors (Lipinski definition) is 7. The van der Waals surface area contributed by atoms with Crippen molar-refractivity contribution in [3.05, 3.63) is 72.8 Å². The molecule has 0 unspecified atom stereocenters. The van der Waals surface area contributed by atoms with E-state index < -0.39 is 5.82 Å². The minimum atomic E-state index is -0.475. The fraction of sp³-hybridized carbons (Fsp3) is 0.0500. The van der Waals surface area contributed by atoms with Crippen molar-refractivity contribution in [2.45, 2.75) is 6.92 Å². The van der Waals surface area contributed by atoms with Crippen molar-refractivity contribution in [1.82, 2.24) is 29.5 Å². The van der Waals surface area contributed by atoms with Gasteiger partial charge in [0.05, 0.1) is 11.2 Å². The van der Waals surface area contributed by atoms with Crippen LogP contribution in [0.5, 0.6) is 11.5 Å². The number of benzene rings is 1. The molecule has 8 nitrogen and oxygen atoms in total. The Hall–Kier alpha value is -4.14. The molecular weight excluding hydrogens is 373 g/mol. The minimum Gasteiger partial charge on any atom is -0.457 e. The first-order chi connectivity index (χ1) is 14.2. The van der Waals surface area contributed by atoms with Crippen LogP contribution in [0.15, 0.2) is 61.4 Å². The van der Waals surface area contributed by atoms with E-state index in [0.29, 0.717) is 34.0 Å². The summed E-state index contributed by atoms with van der Waals surface area (Å²) in [4.78, 5) is 16.7. The fourth-order valence-electron chi connectivity index (χ4n) is 2.97. The van der Waals surface area contributed by atoms with Crippen LogP contribution in [0.25, 0.3) is 16.7 Å². The van der Waals surface area contributed by atoms with Gasteiger partial charge in [0.15, 0.2) is 11.5 Å². The van der Waals surface area contributed by atoms with Crippen molar-refractivity contribution in [2.24, 2.45) is 0 Å². The lowest BCUT2D eigenvalue weighted by molar-refractivity contribution is 0.473. The molecule has 1 N–H and O–H groups in total. The zero-order valence-electron chi connectivity index (χ0n) is 15.2. The van der Waals surface area contributed by atoms with Gasteiger partial charge in [0.1, 0.15) is 35.5 Å². The van der Waals surface area contributed by atoms with Gasteiger partial charge in [-0.05, 0) is 36.8 Å². The maximum Gasteiger partial charge on any atom is 0.160 e. The van der Waals surface area contributed by atoms with E-state index in [9.17, 15) is 4.39 Å². The molecule has 5 aromatic rings. The topological polar surface area (TPSA) is 90.1 Å². The average Bonchev–Trinajstić information content (AvgIpc) is 3.20. The fourth-order valence-corrected chi connectivity index (χ4v) is 2.97. The van der Waals surface area contributed by atoms with Gasteiger partial charge in [0.25, 0.3) is 0 Å². The molecule has 0 spiro atoms. The van der Waals surface area contributed by atoms with Crippen molar-refractivity contribution >= 4 is 28.2 Å². The first-order valence-corrected chi connectivity index (χ1v) is 8.77. The summed E-state index contributed by atoms with van der Waals surface area (Å²) in [6.45, 7) is 1.84. The summed E-state index contributed by atoms with van der Waals surface area (Å²) in [6.07, 6.45) is 6.24. The largest absolute Gasteiger partial charge is 0.457 e. The summed E-state index contributed by atoms with van der Waals surface area (Å²) in [7, 11) is 0. The molecular formula is C20H14FN7O. The Bertz CT molecular complexity index is 1350. The van der Waals surface area contributed by atoms with Crippen LogP contribution >= 0.6 is 0 Å². The predicted octanol–water partition coefficient (Wildman–Crippen LogP) is 4.05. The van der Waals surface area contributed by atoms with E-state index in [0.717, 1.165) is 5.56 Å². The van der Waals surface area contributed by atoms with Crippen LogP contribution in [0.2, 0.25) is 0 Å². The van der Waals surface area contributed by atoms with Gasteiger partial charge in [0, 0.05) is 24.5 Å². The highest BCUT2D eigenvalue weighted by molar-refractivity contribution is 5.86. The smallest absolute Gasteiger partial charge is 0.160 e. The van der Waals surface area contributed by atoms with E-state index in [4.69, 9.17) is 4.74 Å². The molecule has 0 fully saturated rings. The van der Waals surface area contributed by atoms with Crippen LogP contribution in [0.3, 0.4) is 0 Å². The molecule has 142 valence electrons. The number of anilines is 2. The van der Waals surface area contributed by atoms with Crippen LogP contribution in [0.4, 0.5) is 15.9 Å². The molecule has 0 bridgehead atoms. The predicted molar refractivity (Wildman–Crippen MR) is 105 cm³/mol. The highest BCUT2D eigenvalue weighted by Crippen LogP contribution is 2.32. The van der Waals surface area contributed by atoms with Gasteiger partial charge in [0.2, 0.25) is 0 Å². The normalized spacial score (nSPS) is 11.1. The molecule has 0 aliphatic carbocycles. The number of halogens is 1. The van der Waals surface area contributed by atoms with E-state index in [1.165, 1.54) is 18.7 Å². The molecule has 9 heteroatoms. The number of fused-ring (bicyclic) bond motifs is 2. The Morgan fingerprint density at radius 3 is 2.90 bits per heavy atom. The van der Waals surface area contributed by atoms with Gasteiger partial charge >= 0.3 is 0 Å². The Morgan fingerprint density at radius 2 is 1.97 bits per heavy atom. The molecule has 0 aliphatic heterocycles. The van der Waals surface area contributed by atoms with Gasteiger partial charge in [-0.2, -0.15) is 5.10 Å². The van der Waals surface area contributed by atoms with Crippen LogP contribution < -0.4 is 10.1 Å². The highest BCUT2D eigenvalue weighted by Gasteiger charge is 2.13. The first-order valence-electron chi connectivity index (χ1n) is 8.77. The molecule has 0 aliphatic rings. The molecule has 0 radical (unpaired) electrons. The van der Waals surface area contributed by atoms with Crippen molar-refractivity contribution in [3.8, 4) is 11.5 Å². The minimum absolute atomic E-state index is 0.272. The first kappa shape index (κ1) is 17.0. The Morgan fingerprint density at radius 1 is 1.03 bits per heavy atom. The number of rotatable bonds is 4. The van der Waals surface area contributed by atoms with E-state index in [2.05, 4.69) is 30.4 Å². The third-order valence-electron chi connectivity index (χ3n) is 4.39. The summed E-state index contributed by atoms with van der Waals surface area (Å²) in [5.74, 6) is 0.902. The van der Waals surface area contributed by atoms with Gasteiger partial charge in [-0.25, -0.2) is 23.9 Å². The molecule has 1 aromatic carbocycles. The Labute approximate surface area is 164 Å². The quantitative estimate of drug-likeness (QED) is 0.497. The second-order valence-corrected chi connectivity index (χ2v) is 6.34. The molecule has 5 rings (SSSR count). The average molecular weight is 387 g/mol. The lowest BCUT2D eigenvalue weighted by Crippen LogP contribution is -2.01. The number of aromatic nitrogens is 6. The van der Waals surface area contributed by atoms with E-state index >= 15 is 0 Å². The maximum atomic E-state index is 14.8. The summed E-state index contributed by atoms with van der Waals surface area (Å²) in [5, 5.41) is 7.04. The third kappa shape index (κ3) is 3.18. The number of aryl methyl sites for hydroxylation is 1. The second kappa shape index (κ2) is 6.79. The molecule has 0 saturated carbocycles. The number of nitrogens with zero attached hydrogens (tertiary/aromatic N) is 6. The molecule has 0 amide bonds. The van der Waals surface area contributed by atoms with Crippen molar-refractivity contribution < 1.29 is 9.13 Å². The third-order valence-corrected chi connectivity index (χ3v) is 4.39. The van der Waals surface area contributed by atoms with Crippen molar-refractivity contribution in [3.63, 3.8) is 0 Å². The van der Waals surface area contributed by atoms with E-state index in [1.807, 2.05) is 13.0 Å². The Balaban J connectivity index is 1.46. The van der Waals surface area contributed by atoms with E-state index in [1.54, 1.807) is 41.2 Å². The monoisotopic (exact) mass is 387 g/mol. The highest BCUT2D eigenvalue weighted by atomic mass is 19.1.